The van der Waals surface area contributed by atoms with E-state index in [4.69, 9.17) is 4.74 Å². The number of alkyl halides is 1. The summed E-state index contributed by atoms with van der Waals surface area (Å²) < 4.78 is 40.1. The van der Waals surface area contributed by atoms with Crippen molar-refractivity contribution < 1.29 is 28.2 Å². The summed E-state index contributed by atoms with van der Waals surface area (Å²) in [5.74, 6) is -0.116. The summed E-state index contributed by atoms with van der Waals surface area (Å²) in [6, 6.07) is 4.67. The summed E-state index contributed by atoms with van der Waals surface area (Å²) in [4.78, 5) is 29.7. The van der Waals surface area contributed by atoms with Gasteiger partial charge in [-0.25, -0.2) is 23.2 Å². The second kappa shape index (κ2) is 10.2. The van der Waals surface area contributed by atoms with Gasteiger partial charge < -0.3 is 20.1 Å². The molecule has 0 spiro atoms. The van der Waals surface area contributed by atoms with Crippen molar-refractivity contribution in [2.45, 2.75) is 51.2 Å². The smallest absolute Gasteiger partial charge is 0.407 e. The van der Waals surface area contributed by atoms with Crippen LogP contribution in [0.25, 0.3) is 22.6 Å². The monoisotopic (exact) mass is 564 g/mol. The zero-order valence-electron chi connectivity index (χ0n) is 22.7. The molecule has 1 aromatic carbocycles. The highest BCUT2D eigenvalue weighted by molar-refractivity contribution is 5.96. The van der Waals surface area contributed by atoms with Gasteiger partial charge in [-0.2, -0.15) is 5.10 Å². The number of hydrogen-bond acceptors (Lipinski definition) is 5. The molecular formula is C29H30F2N6O4. The third-order valence-corrected chi connectivity index (χ3v) is 7.80. The van der Waals surface area contributed by atoms with Crippen LogP contribution in [-0.4, -0.2) is 66.9 Å². The maximum absolute atomic E-state index is 16.4. The van der Waals surface area contributed by atoms with E-state index < -0.39 is 23.5 Å². The summed E-state index contributed by atoms with van der Waals surface area (Å²) in [6.07, 6.45) is 7.36. The normalized spacial score (nSPS) is 16.6. The standard InChI is InChI=1S/C29H30F2N6O4/c1-3-41-24-12-25-32-14-26(36(25)16-22(24)29(31)6-8-35(9-7-29)28(39)40)37-15-18(13-33-37)20-11-21(23(30)10-17(20)2)27(38)34-19-4-5-19/h10-16,19H,3-9H2,1-2H3,(H,34,38)(H,39,40). The van der Waals surface area contributed by atoms with Gasteiger partial charge in [-0.15, -0.1) is 0 Å². The molecule has 0 atom stereocenters. The highest BCUT2D eigenvalue weighted by Crippen LogP contribution is 2.42. The van der Waals surface area contributed by atoms with E-state index in [2.05, 4.69) is 15.4 Å². The largest absolute Gasteiger partial charge is 0.493 e. The average Bonchev–Trinajstić information content (AvgIpc) is 3.45. The number of ether oxygens (including phenoxy) is 1. The van der Waals surface area contributed by atoms with Gasteiger partial charge in [0.15, 0.2) is 5.82 Å². The topological polar surface area (TPSA) is 114 Å². The van der Waals surface area contributed by atoms with E-state index in [1.807, 2.05) is 6.92 Å². The van der Waals surface area contributed by atoms with E-state index in [1.165, 1.54) is 11.0 Å². The maximum atomic E-state index is 16.4. The van der Waals surface area contributed by atoms with Gasteiger partial charge in [0.05, 0.1) is 24.6 Å². The number of benzene rings is 1. The number of carbonyl (C=O) groups excluding carboxylic acids is 1. The number of nitrogens with one attached hydrogen (secondary N) is 1. The van der Waals surface area contributed by atoms with Gasteiger partial charge in [-0.3, -0.25) is 9.20 Å². The zero-order valence-corrected chi connectivity index (χ0v) is 22.7. The van der Waals surface area contributed by atoms with Crippen LogP contribution < -0.4 is 10.1 Å². The summed E-state index contributed by atoms with van der Waals surface area (Å²) in [6.45, 7) is 4.06. The van der Waals surface area contributed by atoms with Crippen molar-refractivity contribution in [2.75, 3.05) is 19.7 Å². The summed E-state index contributed by atoms with van der Waals surface area (Å²) in [7, 11) is 0. The van der Waals surface area contributed by atoms with Gasteiger partial charge >= 0.3 is 6.09 Å². The van der Waals surface area contributed by atoms with Gasteiger partial charge in [-0.05, 0) is 49.9 Å². The lowest BCUT2D eigenvalue weighted by Gasteiger charge is -2.36. The van der Waals surface area contributed by atoms with Crippen molar-refractivity contribution >= 4 is 17.6 Å². The van der Waals surface area contributed by atoms with Crippen molar-refractivity contribution in [3.8, 4) is 22.7 Å². The van der Waals surface area contributed by atoms with Gasteiger partial charge in [0.25, 0.3) is 5.91 Å². The number of likely N-dealkylation sites (tertiary alicyclic amines) is 1. The van der Waals surface area contributed by atoms with Gasteiger partial charge in [0.2, 0.25) is 0 Å². The Morgan fingerprint density at radius 1 is 1.17 bits per heavy atom. The zero-order chi connectivity index (χ0) is 28.9. The molecule has 214 valence electrons. The fourth-order valence-electron chi connectivity index (χ4n) is 5.33. The number of rotatable bonds is 7. The van der Waals surface area contributed by atoms with Crippen LogP contribution >= 0.6 is 0 Å². The summed E-state index contributed by atoms with van der Waals surface area (Å²) in [5, 5.41) is 16.6. The number of nitrogens with zero attached hydrogens (tertiary/aromatic N) is 5. The molecule has 1 saturated heterocycles. The number of fused-ring (bicyclic) bond motifs is 1. The molecule has 0 unspecified atom stereocenters. The van der Waals surface area contributed by atoms with Crippen LogP contribution in [0.1, 0.15) is 54.1 Å². The molecule has 2 N–H and O–H groups in total. The lowest BCUT2D eigenvalue weighted by molar-refractivity contribution is 0.0527. The first-order chi connectivity index (χ1) is 19.7. The van der Waals surface area contributed by atoms with Crippen LogP contribution in [0.15, 0.2) is 43.0 Å². The minimum atomic E-state index is -1.79. The Morgan fingerprint density at radius 3 is 2.61 bits per heavy atom. The molecule has 1 aliphatic heterocycles. The summed E-state index contributed by atoms with van der Waals surface area (Å²) >= 11 is 0. The molecular weight excluding hydrogens is 534 g/mol. The Kier molecular flexibility index (Phi) is 6.63. The SMILES string of the molecule is CCOc1cc2ncc(-n3cc(-c4cc(C(=O)NC5CC5)c(F)cc4C)cn3)n2cc1C1(F)CCN(C(=O)O)CC1. The van der Waals surface area contributed by atoms with Crippen molar-refractivity contribution in [1.82, 2.24) is 29.4 Å². The molecule has 2 aliphatic rings. The predicted octanol–water partition coefficient (Wildman–Crippen LogP) is 4.86. The van der Waals surface area contributed by atoms with Crippen LogP contribution in [-0.2, 0) is 5.67 Å². The lowest BCUT2D eigenvalue weighted by atomic mass is 9.86. The molecule has 41 heavy (non-hydrogen) atoms. The summed E-state index contributed by atoms with van der Waals surface area (Å²) in [5.41, 5.74) is 1.03. The molecule has 0 radical (unpaired) electrons. The molecule has 2 amide bonds. The second-order valence-electron chi connectivity index (χ2n) is 10.6. The number of halogens is 2. The fourth-order valence-corrected chi connectivity index (χ4v) is 5.33. The quantitative estimate of drug-likeness (QED) is 0.331. The number of carbonyl (C=O) groups is 2. The molecule has 12 heteroatoms. The molecule has 10 nitrogen and oxygen atoms in total. The maximum Gasteiger partial charge on any atom is 0.407 e. The number of aryl methyl sites for hydroxylation is 1. The van der Waals surface area contributed by atoms with Crippen LogP contribution in [0.4, 0.5) is 13.6 Å². The van der Waals surface area contributed by atoms with Crippen molar-refractivity contribution in [2.24, 2.45) is 0 Å². The lowest BCUT2D eigenvalue weighted by Crippen LogP contribution is -2.43. The van der Waals surface area contributed by atoms with E-state index in [1.54, 1.807) is 52.9 Å². The number of aromatic nitrogens is 4. The average molecular weight is 565 g/mol. The minimum absolute atomic E-state index is 0.00132. The molecule has 1 saturated carbocycles. The molecule has 2 fully saturated rings. The number of imidazole rings is 1. The van der Waals surface area contributed by atoms with E-state index in [0.717, 1.165) is 12.8 Å². The Labute approximate surface area is 234 Å². The van der Waals surface area contributed by atoms with Crippen molar-refractivity contribution in [3.05, 3.63) is 65.5 Å². The second-order valence-corrected chi connectivity index (χ2v) is 10.6. The van der Waals surface area contributed by atoms with Crippen molar-refractivity contribution in [3.63, 3.8) is 0 Å². The van der Waals surface area contributed by atoms with Crippen LogP contribution in [0.5, 0.6) is 5.75 Å². The Balaban J connectivity index is 1.36. The first-order valence-corrected chi connectivity index (χ1v) is 13.6. The molecule has 0 bridgehead atoms. The molecule has 6 rings (SSSR count). The molecule has 4 aromatic rings. The van der Waals surface area contributed by atoms with Crippen LogP contribution in [0.3, 0.4) is 0 Å². The van der Waals surface area contributed by atoms with E-state index in [-0.39, 0.29) is 37.5 Å². The number of carboxylic acid groups (broad SMARTS) is 1. The van der Waals surface area contributed by atoms with E-state index in [9.17, 15) is 19.1 Å². The number of pyridine rings is 1. The fraction of sp³-hybridized carbons (Fsp3) is 0.379. The van der Waals surface area contributed by atoms with E-state index in [0.29, 0.717) is 46.1 Å². The van der Waals surface area contributed by atoms with Gasteiger partial charge in [0, 0.05) is 61.6 Å². The number of piperidine rings is 1. The van der Waals surface area contributed by atoms with Crippen molar-refractivity contribution in [1.29, 1.82) is 0 Å². The highest BCUT2D eigenvalue weighted by Gasteiger charge is 2.40. The number of amides is 2. The van der Waals surface area contributed by atoms with Gasteiger partial charge in [-0.1, -0.05) is 0 Å². The third kappa shape index (κ3) is 4.98. The Morgan fingerprint density at radius 2 is 1.93 bits per heavy atom. The Bertz CT molecular complexity index is 1650. The first-order valence-electron chi connectivity index (χ1n) is 13.6. The molecule has 3 aromatic heterocycles. The van der Waals surface area contributed by atoms with Gasteiger partial charge in [0.1, 0.15) is 22.9 Å². The van der Waals surface area contributed by atoms with Crippen LogP contribution in [0.2, 0.25) is 0 Å². The predicted molar refractivity (Wildman–Crippen MR) is 146 cm³/mol. The minimum Gasteiger partial charge on any atom is -0.493 e. The first kappa shape index (κ1) is 26.7. The third-order valence-electron chi connectivity index (χ3n) is 7.80. The Hall–Kier alpha value is -4.48. The number of hydrogen-bond donors (Lipinski definition) is 2. The molecule has 4 heterocycles. The highest BCUT2D eigenvalue weighted by atomic mass is 19.1. The molecule has 1 aliphatic carbocycles. The van der Waals surface area contributed by atoms with Crippen LogP contribution in [0, 0.1) is 12.7 Å². The van der Waals surface area contributed by atoms with E-state index >= 15 is 4.39 Å².